The molecular weight excluding hydrogens is 528 g/mol. The number of piperidine rings is 2. The molecule has 0 spiro atoms. The van der Waals surface area contributed by atoms with Crippen molar-refractivity contribution in [1.82, 2.24) is 20.9 Å². The lowest BCUT2D eigenvalue weighted by Gasteiger charge is -2.46. The Morgan fingerprint density at radius 1 is 1.25 bits per heavy atom. The number of rotatable bonds is 6. The molecular formula is C29H34N6O4S. The molecule has 11 heteroatoms. The van der Waals surface area contributed by atoms with Crippen LogP contribution in [0.2, 0.25) is 0 Å². The maximum absolute atomic E-state index is 13.6. The monoisotopic (exact) mass is 562 g/mol. The number of carbonyl (C=O) groups is 3. The van der Waals surface area contributed by atoms with Gasteiger partial charge in [-0.2, -0.15) is 5.26 Å². The van der Waals surface area contributed by atoms with Gasteiger partial charge in [0.2, 0.25) is 0 Å². The van der Waals surface area contributed by atoms with Crippen LogP contribution in [0.1, 0.15) is 37.7 Å². The number of nitriles is 1. The van der Waals surface area contributed by atoms with E-state index >= 15 is 0 Å². The van der Waals surface area contributed by atoms with Crippen LogP contribution in [-0.2, 0) is 9.59 Å². The van der Waals surface area contributed by atoms with E-state index in [0.29, 0.717) is 29.6 Å². The predicted molar refractivity (Wildman–Crippen MR) is 151 cm³/mol. The SMILES string of the molecule is COc1ccc(N2C(=O)NC3=C(C(=O)N[C@H]4CCCN(C(=O)/C(C#N)=C/C5CC5)C4)SC4NCCC2C34)c(C)c1. The van der Waals surface area contributed by atoms with E-state index in [-0.39, 0.29) is 46.8 Å². The molecule has 0 radical (unpaired) electrons. The van der Waals surface area contributed by atoms with E-state index in [1.807, 2.05) is 30.0 Å². The minimum absolute atomic E-state index is 0.0219. The number of benzene rings is 1. The molecule has 1 aromatic carbocycles. The molecule has 3 saturated heterocycles. The number of thioether (sulfide) groups is 1. The van der Waals surface area contributed by atoms with Gasteiger partial charge in [-0.25, -0.2) is 4.79 Å². The molecule has 4 amide bonds. The minimum atomic E-state index is -0.253. The molecule has 4 aliphatic heterocycles. The lowest BCUT2D eigenvalue weighted by Crippen LogP contribution is -2.62. The number of urea groups is 1. The van der Waals surface area contributed by atoms with E-state index in [9.17, 15) is 19.6 Å². The third kappa shape index (κ3) is 4.95. The lowest BCUT2D eigenvalue weighted by molar-refractivity contribution is -0.129. The molecule has 0 aromatic heterocycles. The van der Waals surface area contributed by atoms with Gasteiger partial charge in [-0.05, 0) is 75.3 Å². The third-order valence-corrected chi connectivity index (χ3v) is 9.78. The fourth-order valence-corrected chi connectivity index (χ4v) is 7.68. The Labute approximate surface area is 238 Å². The van der Waals surface area contributed by atoms with Gasteiger partial charge >= 0.3 is 6.03 Å². The first-order valence-electron chi connectivity index (χ1n) is 14.0. The van der Waals surface area contributed by atoms with Crippen LogP contribution in [0.5, 0.6) is 5.75 Å². The van der Waals surface area contributed by atoms with Gasteiger partial charge in [-0.3, -0.25) is 14.5 Å². The lowest BCUT2D eigenvalue weighted by atomic mass is 9.86. The van der Waals surface area contributed by atoms with Crippen molar-refractivity contribution in [1.29, 1.82) is 5.26 Å². The van der Waals surface area contributed by atoms with Crippen molar-refractivity contribution in [2.75, 3.05) is 31.6 Å². The summed E-state index contributed by atoms with van der Waals surface area (Å²) in [5.41, 5.74) is 2.67. The molecule has 1 aliphatic carbocycles. The van der Waals surface area contributed by atoms with Crippen molar-refractivity contribution >= 4 is 35.3 Å². The zero-order valence-electron chi connectivity index (χ0n) is 22.7. The fourth-order valence-electron chi connectivity index (χ4n) is 6.28. The van der Waals surface area contributed by atoms with Crippen LogP contribution in [0.4, 0.5) is 10.5 Å². The van der Waals surface area contributed by atoms with E-state index in [4.69, 9.17) is 4.74 Å². The number of nitrogens with zero attached hydrogens (tertiary/aromatic N) is 3. The van der Waals surface area contributed by atoms with Crippen LogP contribution < -0.4 is 25.6 Å². The standard InChI is InChI=1S/C29H34N6O4S/c1-16-12-20(39-2)7-8-21(16)35-22-9-10-31-27-23(22)24(33-29(35)38)25(40-27)26(36)32-19-4-3-11-34(15-19)28(37)18(14-30)13-17-5-6-17/h7-8,12-13,17,19,22-23,27,31H,3-6,9-11,15H2,1-2H3,(H,32,36)(H,33,38)/b18-13+/t19-,22?,23?,27?/m0/s1. The van der Waals surface area contributed by atoms with Gasteiger partial charge in [0.15, 0.2) is 0 Å². The number of methoxy groups -OCH3 is 1. The van der Waals surface area contributed by atoms with Crippen LogP contribution in [0.15, 0.2) is 40.5 Å². The maximum Gasteiger partial charge on any atom is 0.326 e. The average Bonchev–Trinajstić information content (AvgIpc) is 3.71. The molecule has 1 aromatic rings. The summed E-state index contributed by atoms with van der Waals surface area (Å²) >= 11 is 1.47. The number of hydrogen-bond donors (Lipinski definition) is 3. The number of likely N-dealkylation sites (tertiary alicyclic amines) is 1. The van der Waals surface area contributed by atoms with Crippen molar-refractivity contribution in [2.24, 2.45) is 11.8 Å². The average molecular weight is 563 g/mol. The van der Waals surface area contributed by atoms with Crippen LogP contribution in [0.25, 0.3) is 0 Å². The summed E-state index contributed by atoms with van der Waals surface area (Å²) in [7, 11) is 1.62. The molecule has 10 nitrogen and oxygen atoms in total. The summed E-state index contributed by atoms with van der Waals surface area (Å²) in [5.74, 6) is 0.551. The highest BCUT2D eigenvalue weighted by molar-refractivity contribution is 8.04. The number of hydrogen-bond acceptors (Lipinski definition) is 7. The Morgan fingerprint density at radius 2 is 2.08 bits per heavy atom. The highest BCUT2D eigenvalue weighted by atomic mass is 32.2. The summed E-state index contributed by atoms with van der Waals surface area (Å²) in [6.07, 6.45) is 6.12. The normalized spacial score (nSPS) is 28.0. The number of aryl methyl sites for hydroxylation is 1. The number of amides is 4. The highest BCUT2D eigenvalue weighted by Gasteiger charge is 2.52. The molecule has 3 unspecified atom stereocenters. The van der Waals surface area contributed by atoms with Crippen molar-refractivity contribution in [3.8, 4) is 11.8 Å². The van der Waals surface area contributed by atoms with Crippen LogP contribution in [-0.4, -0.2) is 66.9 Å². The summed E-state index contributed by atoms with van der Waals surface area (Å²) in [4.78, 5) is 44.1. The Morgan fingerprint density at radius 3 is 2.80 bits per heavy atom. The number of anilines is 1. The van der Waals surface area contributed by atoms with Crippen molar-refractivity contribution in [3.63, 3.8) is 0 Å². The van der Waals surface area contributed by atoms with Gasteiger partial charge < -0.3 is 25.6 Å². The molecule has 4 fully saturated rings. The van der Waals surface area contributed by atoms with E-state index in [1.54, 1.807) is 18.1 Å². The molecule has 6 rings (SSSR count). The summed E-state index contributed by atoms with van der Waals surface area (Å²) in [5, 5.41) is 19.2. The van der Waals surface area contributed by atoms with Gasteiger partial charge in [-0.15, -0.1) is 0 Å². The van der Waals surface area contributed by atoms with Crippen molar-refractivity contribution < 1.29 is 19.1 Å². The first-order valence-corrected chi connectivity index (χ1v) is 14.9. The number of carbonyl (C=O) groups excluding carboxylic acids is 3. The van der Waals surface area contributed by atoms with Gasteiger partial charge in [0.25, 0.3) is 11.8 Å². The van der Waals surface area contributed by atoms with E-state index in [1.165, 1.54) is 11.8 Å². The van der Waals surface area contributed by atoms with Gasteiger partial charge in [0.05, 0.1) is 23.4 Å². The predicted octanol–water partition coefficient (Wildman–Crippen LogP) is 2.76. The second-order valence-corrected chi connectivity index (χ2v) is 12.3. The van der Waals surface area contributed by atoms with Crippen LogP contribution in [0, 0.1) is 30.1 Å². The zero-order chi connectivity index (χ0) is 28.0. The number of ether oxygens (including phenoxy) is 1. The second kappa shape index (κ2) is 10.8. The van der Waals surface area contributed by atoms with Crippen molar-refractivity contribution in [2.45, 2.75) is 56.5 Å². The third-order valence-electron chi connectivity index (χ3n) is 8.43. The maximum atomic E-state index is 13.6. The fraction of sp³-hybridized carbons (Fsp3) is 0.517. The Balaban J connectivity index is 1.19. The Bertz CT molecular complexity index is 1350. The smallest absolute Gasteiger partial charge is 0.326 e. The summed E-state index contributed by atoms with van der Waals surface area (Å²) in [6.45, 7) is 3.66. The molecule has 0 bridgehead atoms. The first-order chi connectivity index (χ1) is 19.4. The minimum Gasteiger partial charge on any atom is -0.497 e. The molecule has 40 heavy (non-hydrogen) atoms. The van der Waals surface area contributed by atoms with Gasteiger partial charge in [-0.1, -0.05) is 17.8 Å². The Kier molecular flexibility index (Phi) is 7.23. The zero-order valence-corrected chi connectivity index (χ0v) is 23.6. The molecule has 1 saturated carbocycles. The highest BCUT2D eigenvalue weighted by Crippen LogP contribution is 2.48. The topological polar surface area (TPSA) is 127 Å². The first kappa shape index (κ1) is 26.7. The number of allylic oxidation sites excluding steroid dienone is 1. The molecule has 4 heterocycles. The second-order valence-electron chi connectivity index (χ2n) is 11.2. The molecule has 4 atom stereocenters. The van der Waals surface area contributed by atoms with Crippen molar-refractivity contribution in [3.05, 3.63) is 46.0 Å². The largest absolute Gasteiger partial charge is 0.497 e. The Hall–Kier alpha value is -3.49. The molecule has 210 valence electrons. The van der Waals surface area contributed by atoms with E-state index in [0.717, 1.165) is 55.6 Å². The molecule has 5 aliphatic rings. The summed E-state index contributed by atoms with van der Waals surface area (Å²) < 4.78 is 5.35. The molecule has 3 N–H and O–H groups in total. The quantitative estimate of drug-likeness (QED) is 0.360. The van der Waals surface area contributed by atoms with Crippen LogP contribution in [0.3, 0.4) is 0 Å². The van der Waals surface area contributed by atoms with Gasteiger partial charge in [0.1, 0.15) is 17.4 Å². The van der Waals surface area contributed by atoms with E-state index in [2.05, 4.69) is 22.0 Å². The van der Waals surface area contributed by atoms with Crippen LogP contribution >= 0.6 is 11.8 Å². The van der Waals surface area contributed by atoms with Gasteiger partial charge in [0, 0.05) is 36.4 Å². The van der Waals surface area contributed by atoms with E-state index < -0.39 is 0 Å². The summed E-state index contributed by atoms with van der Waals surface area (Å²) in [6, 6.07) is 7.24. The number of nitrogens with one attached hydrogen (secondary N) is 3.